The summed E-state index contributed by atoms with van der Waals surface area (Å²) in [6.45, 7) is 13.3. The van der Waals surface area contributed by atoms with Crippen LogP contribution in [0.15, 0.2) is 24.4 Å². The number of hydrogen-bond donors (Lipinski definition) is 2. The zero-order valence-electron chi connectivity index (χ0n) is 14.0. The van der Waals surface area contributed by atoms with E-state index in [9.17, 15) is 0 Å². The summed E-state index contributed by atoms with van der Waals surface area (Å²) in [6, 6.07) is 6.22. The van der Waals surface area contributed by atoms with Gasteiger partial charge in [-0.25, -0.2) is 14.8 Å². The highest BCUT2D eigenvalue weighted by atomic mass is 15.2. The lowest BCUT2D eigenvalue weighted by molar-refractivity contribution is 0.312. The minimum Gasteiger partial charge on any atom is -0.392 e. The second-order valence-electron chi connectivity index (χ2n) is 5.99. The van der Waals surface area contributed by atoms with E-state index in [0.29, 0.717) is 5.95 Å². The predicted molar refractivity (Wildman–Crippen MR) is 96.9 cm³/mol. The van der Waals surface area contributed by atoms with Crippen molar-refractivity contribution in [2.45, 2.75) is 6.92 Å². The molecule has 0 aliphatic carbocycles. The van der Waals surface area contributed by atoms with Gasteiger partial charge in [0.15, 0.2) is 0 Å². The van der Waals surface area contributed by atoms with Gasteiger partial charge in [-0.3, -0.25) is 0 Å². The second kappa shape index (κ2) is 6.72. The molecule has 124 valence electrons. The molecule has 1 aliphatic heterocycles. The number of anilines is 4. The van der Waals surface area contributed by atoms with Gasteiger partial charge in [0.2, 0.25) is 11.6 Å². The van der Waals surface area contributed by atoms with Crippen molar-refractivity contribution in [1.82, 2.24) is 14.9 Å². The Morgan fingerprint density at radius 2 is 2.00 bits per heavy atom. The van der Waals surface area contributed by atoms with Crippen molar-refractivity contribution in [3.8, 4) is 0 Å². The fourth-order valence-electron chi connectivity index (χ4n) is 2.80. The highest BCUT2D eigenvalue weighted by Crippen LogP contribution is 2.26. The molecule has 0 bridgehead atoms. The van der Waals surface area contributed by atoms with Crippen LogP contribution < -0.4 is 16.0 Å². The van der Waals surface area contributed by atoms with Crippen LogP contribution in [-0.2, 0) is 0 Å². The summed E-state index contributed by atoms with van der Waals surface area (Å²) >= 11 is 0. The van der Waals surface area contributed by atoms with Gasteiger partial charge in [-0.2, -0.15) is 0 Å². The van der Waals surface area contributed by atoms with Crippen LogP contribution >= 0.6 is 0 Å². The smallest absolute Gasteiger partial charge is 0.245 e. The number of hydrogen-bond acceptors (Lipinski definition) is 6. The molecule has 3 rings (SSSR count). The quantitative estimate of drug-likeness (QED) is 0.845. The molecule has 2 heterocycles. The van der Waals surface area contributed by atoms with Crippen LogP contribution in [0.3, 0.4) is 0 Å². The van der Waals surface area contributed by atoms with Crippen molar-refractivity contribution in [1.29, 1.82) is 0 Å². The molecule has 0 amide bonds. The summed E-state index contributed by atoms with van der Waals surface area (Å²) in [7, 11) is 2.15. The van der Waals surface area contributed by atoms with E-state index < -0.39 is 0 Å². The summed E-state index contributed by atoms with van der Waals surface area (Å²) < 4.78 is 0. The number of nitrogens with two attached hydrogens (primary N) is 1. The molecular formula is C17H21N7. The lowest BCUT2D eigenvalue weighted by atomic mass is 10.1. The van der Waals surface area contributed by atoms with Gasteiger partial charge >= 0.3 is 0 Å². The summed E-state index contributed by atoms with van der Waals surface area (Å²) in [5.41, 5.74) is 9.37. The van der Waals surface area contributed by atoms with E-state index in [0.717, 1.165) is 31.9 Å². The predicted octanol–water partition coefficient (Wildman–Crippen LogP) is 2.41. The third-order valence-corrected chi connectivity index (χ3v) is 4.22. The number of piperazine rings is 1. The Hall–Kier alpha value is -2.85. The van der Waals surface area contributed by atoms with Crippen molar-refractivity contribution in [2.24, 2.45) is 0 Å². The van der Waals surface area contributed by atoms with Gasteiger partial charge in [0.25, 0.3) is 0 Å². The Balaban J connectivity index is 1.75. The average Bonchev–Trinajstić information content (AvgIpc) is 2.56. The summed E-state index contributed by atoms with van der Waals surface area (Å²) in [5.74, 6) is 0.583. The summed E-state index contributed by atoms with van der Waals surface area (Å²) in [6.07, 6.45) is 1.43. The van der Waals surface area contributed by atoms with Gasteiger partial charge in [-0.15, -0.1) is 0 Å². The van der Waals surface area contributed by atoms with Crippen molar-refractivity contribution in [3.63, 3.8) is 0 Å². The molecule has 1 fully saturated rings. The standard InChI is InChI=1S/C17H21N7/c1-12-10-13(21-17-20-11-14(19-2)16(18)22-17)4-5-15(12)24-8-6-23(3)7-9-24/h4-5,10-11H,6-9H2,1,3H3,(H3,18,20,21,22). The fraction of sp³-hybridized carbons (Fsp3) is 0.353. The molecule has 1 aromatic heterocycles. The maximum Gasteiger partial charge on any atom is 0.245 e. The van der Waals surface area contributed by atoms with Gasteiger partial charge in [0.1, 0.15) is 5.82 Å². The Kier molecular flexibility index (Phi) is 4.49. The van der Waals surface area contributed by atoms with Crippen molar-refractivity contribution >= 4 is 28.8 Å². The molecule has 0 atom stereocenters. The number of nitrogens with one attached hydrogen (secondary N) is 1. The van der Waals surface area contributed by atoms with E-state index in [1.807, 2.05) is 6.07 Å². The van der Waals surface area contributed by atoms with E-state index in [-0.39, 0.29) is 11.5 Å². The molecule has 1 saturated heterocycles. The lowest BCUT2D eigenvalue weighted by Crippen LogP contribution is -2.44. The van der Waals surface area contributed by atoms with Gasteiger partial charge < -0.3 is 20.9 Å². The van der Waals surface area contributed by atoms with Crippen LogP contribution in [0.5, 0.6) is 0 Å². The van der Waals surface area contributed by atoms with Crippen molar-refractivity contribution in [3.05, 3.63) is 41.4 Å². The highest BCUT2D eigenvalue weighted by molar-refractivity contribution is 5.67. The average molecular weight is 323 g/mol. The molecule has 1 aromatic carbocycles. The van der Waals surface area contributed by atoms with E-state index >= 15 is 0 Å². The van der Waals surface area contributed by atoms with Crippen LogP contribution in [0.2, 0.25) is 0 Å². The van der Waals surface area contributed by atoms with Gasteiger partial charge in [0.05, 0.1) is 6.57 Å². The number of rotatable bonds is 3. The Morgan fingerprint density at radius 3 is 2.62 bits per heavy atom. The van der Waals surface area contributed by atoms with Crippen LogP contribution in [0.4, 0.5) is 28.8 Å². The Bertz CT molecular complexity index is 773. The maximum absolute atomic E-state index is 6.97. The van der Waals surface area contributed by atoms with E-state index in [1.165, 1.54) is 17.4 Å². The molecular weight excluding hydrogens is 302 g/mol. The molecule has 0 unspecified atom stereocenters. The number of nitrogens with zero attached hydrogens (tertiary/aromatic N) is 5. The number of nitrogen functional groups attached to an aromatic ring is 1. The second-order valence-corrected chi connectivity index (χ2v) is 5.99. The number of aryl methyl sites for hydroxylation is 1. The Labute approximate surface area is 141 Å². The SMILES string of the molecule is [C-]#[N+]c1cnc(Nc2ccc(N3CCN(C)CC3)c(C)c2)nc1N. The van der Waals surface area contributed by atoms with Crippen LogP contribution in [0.1, 0.15) is 5.56 Å². The van der Waals surface area contributed by atoms with Crippen LogP contribution in [-0.4, -0.2) is 48.1 Å². The van der Waals surface area contributed by atoms with E-state index in [1.54, 1.807) is 0 Å². The van der Waals surface area contributed by atoms with Crippen LogP contribution in [0.25, 0.3) is 4.85 Å². The van der Waals surface area contributed by atoms with E-state index in [4.69, 9.17) is 12.3 Å². The molecule has 0 saturated carbocycles. The Morgan fingerprint density at radius 1 is 1.25 bits per heavy atom. The molecule has 24 heavy (non-hydrogen) atoms. The largest absolute Gasteiger partial charge is 0.392 e. The molecule has 7 heteroatoms. The monoisotopic (exact) mass is 323 g/mol. The first-order chi connectivity index (χ1) is 11.6. The van der Waals surface area contributed by atoms with Gasteiger partial charge in [-0.1, -0.05) is 0 Å². The molecule has 0 spiro atoms. The fourth-order valence-corrected chi connectivity index (χ4v) is 2.80. The number of aromatic nitrogens is 2. The molecule has 7 nitrogen and oxygen atoms in total. The van der Waals surface area contributed by atoms with E-state index in [2.05, 4.69) is 56.0 Å². The maximum atomic E-state index is 6.97. The summed E-state index contributed by atoms with van der Waals surface area (Å²) in [5, 5.41) is 3.14. The third kappa shape index (κ3) is 3.39. The molecule has 2 aromatic rings. The zero-order chi connectivity index (χ0) is 17.1. The molecule has 3 N–H and O–H groups in total. The first-order valence-electron chi connectivity index (χ1n) is 7.88. The number of benzene rings is 1. The number of likely N-dealkylation sites (N-methyl/N-ethyl adjacent to an activating group) is 1. The minimum absolute atomic E-state index is 0.188. The normalized spacial score (nSPS) is 15.1. The first-order valence-corrected chi connectivity index (χ1v) is 7.88. The third-order valence-electron chi connectivity index (χ3n) is 4.22. The zero-order valence-corrected chi connectivity index (χ0v) is 14.0. The van der Waals surface area contributed by atoms with Gasteiger partial charge in [0, 0.05) is 43.8 Å². The molecule has 1 aliphatic rings. The van der Waals surface area contributed by atoms with Gasteiger partial charge in [-0.05, 0) is 37.7 Å². The summed E-state index contributed by atoms with van der Waals surface area (Å²) in [4.78, 5) is 16.3. The first kappa shape index (κ1) is 16.0. The van der Waals surface area contributed by atoms with Crippen LogP contribution in [0, 0.1) is 13.5 Å². The lowest BCUT2D eigenvalue weighted by Gasteiger charge is -2.35. The van der Waals surface area contributed by atoms with Crippen molar-refractivity contribution in [2.75, 3.05) is 49.2 Å². The molecule has 0 radical (unpaired) electrons. The highest BCUT2D eigenvalue weighted by Gasteiger charge is 2.16. The van der Waals surface area contributed by atoms with Crippen molar-refractivity contribution < 1.29 is 0 Å². The minimum atomic E-state index is 0.188. The topological polar surface area (TPSA) is 74.7 Å².